The summed E-state index contributed by atoms with van der Waals surface area (Å²) in [6, 6.07) is 8.35. The van der Waals surface area contributed by atoms with E-state index in [0.717, 1.165) is 5.56 Å². The second-order valence-corrected chi connectivity index (χ2v) is 3.22. The Labute approximate surface area is 99.0 Å². The minimum atomic E-state index is -0.879. The fourth-order valence-corrected chi connectivity index (χ4v) is 1.28. The normalized spacial score (nSPS) is 10.8. The SMILES string of the molecule is C#CCOC(=O)[C@H](Cc1ccccc1)N=[N+]=[N-]. The van der Waals surface area contributed by atoms with Gasteiger partial charge in [-0.1, -0.05) is 41.4 Å². The van der Waals surface area contributed by atoms with Gasteiger partial charge in [0.25, 0.3) is 0 Å². The minimum absolute atomic E-state index is 0.120. The van der Waals surface area contributed by atoms with E-state index in [9.17, 15) is 4.79 Å². The second-order valence-electron chi connectivity index (χ2n) is 3.22. The number of rotatable bonds is 5. The van der Waals surface area contributed by atoms with Crippen molar-refractivity contribution < 1.29 is 9.53 Å². The first-order valence-electron chi connectivity index (χ1n) is 4.96. The van der Waals surface area contributed by atoms with Gasteiger partial charge >= 0.3 is 5.97 Å². The quantitative estimate of drug-likeness (QED) is 0.255. The van der Waals surface area contributed by atoms with Crippen LogP contribution in [0.25, 0.3) is 10.4 Å². The minimum Gasteiger partial charge on any atom is -0.452 e. The van der Waals surface area contributed by atoms with Crippen LogP contribution in [0.1, 0.15) is 5.56 Å². The highest BCUT2D eigenvalue weighted by Crippen LogP contribution is 2.07. The number of azide groups is 1. The summed E-state index contributed by atoms with van der Waals surface area (Å²) in [5.74, 6) is 1.57. The number of nitrogens with zero attached hydrogens (tertiary/aromatic N) is 3. The fraction of sp³-hybridized carbons (Fsp3) is 0.250. The molecule has 5 nitrogen and oxygen atoms in total. The van der Waals surface area contributed by atoms with Crippen LogP contribution >= 0.6 is 0 Å². The summed E-state index contributed by atoms with van der Waals surface area (Å²) >= 11 is 0. The third kappa shape index (κ3) is 4.29. The molecule has 1 aromatic rings. The lowest BCUT2D eigenvalue weighted by Gasteiger charge is -2.09. The summed E-state index contributed by atoms with van der Waals surface area (Å²) < 4.78 is 4.74. The largest absolute Gasteiger partial charge is 0.452 e. The Kier molecular flexibility index (Phi) is 5.15. The van der Waals surface area contributed by atoms with E-state index in [4.69, 9.17) is 16.7 Å². The molecule has 0 aliphatic rings. The Bertz CT molecular complexity index is 458. The summed E-state index contributed by atoms with van der Waals surface area (Å²) in [4.78, 5) is 14.1. The number of carbonyl (C=O) groups is 1. The van der Waals surface area contributed by atoms with E-state index < -0.39 is 12.0 Å². The molecule has 0 spiro atoms. The summed E-state index contributed by atoms with van der Waals surface area (Å²) in [7, 11) is 0. The van der Waals surface area contributed by atoms with Crippen molar-refractivity contribution in [2.24, 2.45) is 5.11 Å². The van der Waals surface area contributed by atoms with Gasteiger partial charge in [-0.15, -0.1) is 6.42 Å². The van der Waals surface area contributed by atoms with Gasteiger partial charge in [0.2, 0.25) is 0 Å². The third-order valence-electron chi connectivity index (χ3n) is 2.03. The molecule has 17 heavy (non-hydrogen) atoms. The third-order valence-corrected chi connectivity index (χ3v) is 2.03. The maximum Gasteiger partial charge on any atom is 0.316 e. The van der Waals surface area contributed by atoms with E-state index >= 15 is 0 Å². The molecule has 0 amide bonds. The highest BCUT2D eigenvalue weighted by atomic mass is 16.5. The second kappa shape index (κ2) is 6.94. The molecule has 86 valence electrons. The van der Waals surface area contributed by atoms with Crippen molar-refractivity contribution in [1.29, 1.82) is 0 Å². The molecule has 1 rings (SSSR count). The average Bonchev–Trinajstić information content (AvgIpc) is 2.36. The van der Waals surface area contributed by atoms with Gasteiger partial charge in [-0.3, -0.25) is 4.79 Å². The van der Waals surface area contributed by atoms with Gasteiger partial charge in [-0.2, -0.15) is 0 Å². The molecular weight excluding hydrogens is 218 g/mol. The van der Waals surface area contributed by atoms with E-state index in [0.29, 0.717) is 6.42 Å². The molecule has 0 bridgehead atoms. The molecule has 0 heterocycles. The number of hydrogen-bond donors (Lipinski definition) is 0. The predicted molar refractivity (Wildman–Crippen MR) is 62.9 cm³/mol. The van der Waals surface area contributed by atoms with Crippen molar-refractivity contribution >= 4 is 5.97 Å². The lowest BCUT2D eigenvalue weighted by molar-refractivity contribution is -0.143. The van der Waals surface area contributed by atoms with E-state index in [1.165, 1.54) is 0 Å². The van der Waals surface area contributed by atoms with E-state index in [-0.39, 0.29) is 6.61 Å². The van der Waals surface area contributed by atoms with E-state index in [1.807, 2.05) is 30.3 Å². The number of esters is 1. The molecule has 0 aliphatic heterocycles. The molecule has 0 unspecified atom stereocenters. The molecule has 1 aromatic carbocycles. The number of hydrogen-bond acceptors (Lipinski definition) is 3. The molecule has 5 heteroatoms. The van der Waals surface area contributed by atoms with Crippen LogP contribution in [-0.2, 0) is 16.0 Å². The molecule has 0 aliphatic carbocycles. The zero-order valence-electron chi connectivity index (χ0n) is 9.11. The van der Waals surface area contributed by atoms with Crippen molar-refractivity contribution in [3.63, 3.8) is 0 Å². The van der Waals surface area contributed by atoms with Crippen molar-refractivity contribution in [3.8, 4) is 12.3 Å². The van der Waals surface area contributed by atoms with Crippen molar-refractivity contribution in [2.45, 2.75) is 12.5 Å². The monoisotopic (exact) mass is 229 g/mol. The Morgan fingerprint density at radius 1 is 1.53 bits per heavy atom. The van der Waals surface area contributed by atoms with Gasteiger partial charge in [-0.05, 0) is 17.5 Å². The molecule has 0 saturated heterocycles. The lowest BCUT2D eigenvalue weighted by Crippen LogP contribution is -2.23. The number of benzene rings is 1. The Morgan fingerprint density at radius 3 is 2.82 bits per heavy atom. The van der Waals surface area contributed by atoms with Gasteiger partial charge < -0.3 is 4.74 Å². The maximum absolute atomic E-state index is 11.5. The van der Waals surface area contributed by atoms with Crippen LogP contribution in [0.5, 0.6) is 0 Å². The summed E-state index contributed by atoms with van der Waals surface area (Å²) in [5, 5.41) is 3.41. The van der Waals surface area contributed by atoms with Gasteiger partial charge in [-0.25, -0.2) is 0 Å². The molecule has 0 N–H and O–H groups in total. The van der Waals surface area contributed by atoms with Crippen LogP contribution in [-0.4, -0.2) is 18.6 Å². The number of carbonyl (C=O) groups excluding carboxylic acids is 1. The zero-order valence-corrected chi connectivity index (χ0v) is 9.11. The maximum atomic E-state index is 11.5. The van der Waals surface area contributed by atoms with Crippen LogP contribution < -0.4 is 0 Å². The smallest absolute Gasteiger partial charge is 0.316 e. The van der Waals surface area contributed by atoms with Crippen LogP contribution in [0.2, 0.25) is 0 Å². The first-order chi connectivity index (χ1) is 8.27. The Hall–Kier alpha value is -2.44. The number of ether oxygens (including phenoxy) is 1. The van der Waals surface area contributed by atoms with E-state index in [1.54, 1.807) is 0 Å². The molecule has 1 atom stereocenters. The number of terminal acetylenes is 1. The first-order valence-corrected chi connectivity index (χ1v) is 4.96. The van der Waals surface area contributed by atoms with Gasteiger partial charge in [0.15, 0.2) is 6.61 Å². The van der Waals surface area contributed by atoms with Crippen LogP contribution in [0.4, 0.5) is 0 Å². The predicted octanol–water partition coefficient (Wildman–Crippen LogP) is 2.08. The Balaban J connectivity index is 2.70. The highest BCUT2D eigenvalue weighted by Gasteiger charge is 2.18. The first kappa shape index (κ1) is 12.6. The molecule has 0 aromatic heterocycles. The topological polar surface area (TPSA) is 75.1 Å². The van der Waals surface area contributed by atoms with Gasteiger partial charge in [0, 0.05) is 4.91 Å². The van der Waals surface area contributed by atoms with Crippen molar-refractivity contribution in [3.05, 3.63) is 46.3 Å². The Morgan fingerprint density at radius 2 is 2.24 bits per heavy atom. The standard InChI is InChI=1S/C12H11N3O2/c1-2-8-17-12(16)11(14-15-13)9-10-6-4-3-5-7-10/h1,3-7,11H,8-9H2/t11-/m0/s1. The van der Waals surface area contributed by atoms with Crippen molar-refractivity contribution in [1.82, 2.24) is 0 Å². The molecular formula is C12H11N3O2. The van der Waals surface area contributed by atoms with Crippen LogP contribution in [0.3, 0.4) is 0 Å². The molecule has 0 radical (unpaired) electrons. The lowest BCUT2D eigenvalue weighted by atomic mass is 10.1. The average molecular weight is 229 g/mol. The van der Waals surface area contributed by atoms with Crippen LogP contribution in [0.15, 0.2) is 35.4 Å². The van der Waals surface area contributed by atoms with Crippen molar-refractivity contribution in [2.75, 3.05) is 6.61 Å². The highest BCUT2D eigenvalue weighted by molar-refractivity contribution is 5.76. The zero-order chi connectivity index (χ0) is 12.5. The summed E-state index contributed by atoms with van der Waals surface area (Å²) in [5.41, 5.74) is 9.29. The van der Waals surface area contributed by atoms with Gasteiger partial charge in [0.05, 0.1) is 0 Å². The molecule has 0 fully saturated rings. The van der Waals surface area contributed by atoms with Gasteiger partial charge in [0.1, 0.15) is 6.04 Å². The molecule has 0 saturated carbocycles. The summed E-state index contributed by atoms with van der Waals surface area (Å²) in [6.07, 6.45) is 5.27. The summed E-state index contributed by atoms with van der Waals surface area (Å²) in [6.45, 7) is -0.120. The fourth-order valence-electron chi connectivity index (χ4n) is 1.28. The van der Waals surface area contributed by atoms with Crippen LogP contribution in [0, 0.1) is 12.3 Å². The van der Waals surface area contributed by atoms with E-state index in [2.05, 4.69) is 15.9 Å².